The van der Waals surface area contributed by atoms with Crippen molar-refractivity contribution in [1.29, 1.82) is 0 Å². The lowest BCUT2D eigenvalue weighted by Gasteiger charge is -2.13. The van der Waals surface area contributed by atoms with E-state index in [1.54, 1.807) is 0 Å². The second kappa shape index (κ2) is 3.56. The first kappa shape index (κ1) is 9.03. The number of amides is 2. The van der Waals surface area contributed by atoms with Gasteiger partial charge in [0.2, 0.25) is 11.8 Å². The lowest BCUT2D eigenvalue weighted by molar-refractivity contribution is -0.134. The van der Waals surface area contributed by atoms with Gasteiger partial charge in [0.1, 0.15) is 0 Å². The highest BCUT2D eigenvalue weighted by molar-refractivity contribution is 5.86. The Balaban J connectivity index is 2.49. The van der Waals surface area contributed by atoms with Gasteiger partial charge in [-0.2, -0.15) is 0 Å². The van der Waals surface area contributed by atoms with Gasteiger partial charge in [-0.25, -0.2) is 0 Å². The van der Waals surface area contributed by atoms with Crippen LogP contribution in [0.15, 0.2) is 0 Å². The molecule has 0 radical (unpaired) electrons. The average Bonchev–Trinajstić information content (AvgIpc) is 2.32. The normalized spacial score (nSPS) is 23.2. The topological polar surface area (TPSA) is 63.4 Å². The number of likely N-dealkylation sites (tertiary alicyclic amines) is 1. The second-order valence-corrected chi connectivity index (χ2v) is 3.12. The number of carbonyl (C=O) groups excluding carboxylic acids is 2. The van der Waals surface area contributed by atoms with E-state index in [0.29, 0.717) is 6.54 Å². The van der Waals surface area contributed by atoms with E-state index in [1.165, 1.54) is 4.90 Å². The summed E-state index contributed by atoms with van der Waals surface area (Å²) in [7, 11) is 0. The van der Waals surface area contributed by atoms with Crippen LogP contribution in [0.1, 0.15) is 19.8 Å². The fourth-order valence-electron chi connectivity index (χ4n) is 1.53. The third-order valence-electron chi connectivity index (χ3n) is 2.25. The van der Waals surface area contributed by atoms with Gasteiger partial charge in [-0.15, -0.1) is 0 Å². The molecule has 1 heterocycles. The van der Waals surface area contributed by atoms with Crippen molar-refractivity contribution in [2.75, 3.05) is 13.1 Å². The summed E-state index contributed by atoms with van der Waals surface area (Å²) in [4.78, 5) is 23.5. The first-order chi connectivity index (χ1) is 5.65. The summed E-state index contributed by atoms with van der Waals surface area (Å²) in [6.07, 6.45) is 1.72. The molecule has 4 nitrogen and oxygen atoms in total. The molecule has 1 atom stereocenters. The van der Waals surface area contributed by atoms with Gasteiger partial charge >= 0.3 is 0 Å². The molecule has 1 aliphatic rings. The fraction of sp³-hybridized carbons (Fsp3) is 0.750. The Labute approximate surface area is 71.7 Å². The molecule has 0 aliphatic carbocycles. The summed E-state index contributed by atoms with van der Waals surface area (Å²) in [5.41, 5.74) is 4.99. The number of primary amides is 1. The van der Waals surface area contributed by atoms with E-state index in [4.69, 9.17) is 5.73 Å². The monoisotopic (exact) mass is 170 g/mol. The van der Waals surface area contributed by atoms with Gasteiger partial charge in [0, 0.05) is 12.5 Å². The minimum atomic E-state index is -0.430. The Kier molecular flexibility index (Phi) is 2.68. The SMILES string of the molecule is CC[C@@H]1CCN(CC(N)=O)C1=O. The van der Waals surface area contributed by atoms with Crippen LogP contribution in [0.5, 0.6) is 0 Å². The zero-order valence-corrected chi connectivity index (χ0v) is 7.25. The van der Waals surface area contributed by atoms with E-state index in [1.807, 2.05) is 6.92 Å². The zero-order chi connectivity index (χ0) is 9.14. The number of rotatable bonds is 3. The molecule has 0 aromatic rings. The fourth-order valence-corrected chi connectivity index (χ4v) is 1.53. The molecule has 0 aromatic heterocycles. The van der Waals surface area contributed by atoms with E-state index >= 15 is 0 Å². The smallest absolute Gasteiger partial charge is 0.237 e. The van der Waals surface area contributed by atoms with Crippen molar-refractivity contribution in [2.24, 2.45) is 11.7 Å². The minimum Gasteiger partial charge on any atom is -0.368 e. The van der Waals surface area contributed by atoms with E-state index in [-0.39, 0.29) is 18.4 Å². The zero-order valence-electron chi connectivity index (χ0n) is 7.25. The van der Waals surface area contributed by atoms with E-state index in [0.717, 1.165) is 12.8 Å². The third-order valence-corrected chi connectivity index (χ3v) is 2.25. The van der Waals surface area contributed by atoms with Crippen LogP contribution in [0.2, 0.25) is 0 Å². The van der Waals surface area contributed by atoms with Crippen LogP contribution in [-0.2, 0) is 9.59 Å². The van der Waals surface area contributed by atoms with E-state index < -0.39 is 5.91 Å². The first-order valence-electron chi connectivity index (χ1n) is 4.22. The quantitative estimate of drug-likeness (QED) is 0.633. The van der Waals surface area contributed by atoms with E-state index in [2.05, 4.69) is 0 Å². The maximum atomic E-state index is 11.4. The molecule has 0 aromatic carbocycles. The molecule has 2 amide bonds. The standard InChI is InChI=1S/C8H14N2O2/c1-2-6-3-4-10(8(6)12)5-7(9)11/h6H,2-5H2,1H3,(H2,9,11)/t6-/m1/s1. The number of hydrogen-bond donors (Lipinski definition) is 1. The number of nitrogens with zero attached hydrogens (tertiary/aromatic N) is 1. The third kappa shape index (κ3) is 1.75. The molecule has 2 N–H and O–H groups in total. The van der Waals surface area contributed by atoms with Crippen LogP contribution < -0.4 is 5.73 Å². The van der Waals surface area contributed by atoms with Crippen LogP contribution >= 0.6 is 0 Å². The van der Waals surface area contributed by atoms with Crippen LogP contribution in [-0.4, -0.2) is 29.8 Å². The van der Waals surface area contributed by atoms with Crippen molar-refractivity contribution >= 4 is 11.8 Å². The molecule has 12 heavy (non-hydrogen) atoms. The molecule has 1 saturated heterocycles. The molecule has 0 spiro atoms. The molecule has 0 bridgehead atoms. The molecular weight excluding hydrogens is 156 g/mol. The summed E-state index contributed by atoms with van der Waals surface area (Å²) in [6.45, 7) is 2.74. The van der Waals surface area contributed by atoms with Crippen LogP contribution in [0.4, 0.5) is 0 Å². The molecule has 4 heteroatoms. The Bertz CT molecular complexity index is 203. The molecular formula is C8H14N2O2. The van der Waals surface area contributed by atoms with Crippen molar-refractivity contribution in [3.63, 3.8) is 0 Å². The average molecular weight is 170 g/mol. The highest BCUT2D eigenvalue weighted by Crippen LogP contribution is 2.19. The first-order valence-corrected chi connectivity index (χ1v) is 4.22. The number of nitrogens with two attached hydrogens (primary N) is 1. The van der Waals surface area contributed by atoms with E-state index in [9.17, 15) is 9.59 Å². The molecule has 1 rings (SSSR count). The highest BCUT2D eigenvalue weighted by Gasteiger charge is 2.30. The molecule has 0 unspecified atom stereocenters. The maximum Gasteiger partial charge on any atom is 0.237 e. The largest absolute Gasteiger partial charge is 0.368 e. The summed E-state index contributed by atoms with van der Waals surface area (Å²) < 4.78 is 0. The number of hydrogen-bond acceptors (Lipinski definition) is 2. The summed E-state index contributed by atoms with van der Waals surface area (Å²) in [5, 5.41) is 0. The van der Waals surface area contributed by atoms with Crippen molar-refractivity contribution in [3.05, 3.63) is 0 Å². The van der Waals surface area contributed by atoms with Crippen LogP contribution in [0.25, 0.3) is 0 Å². The Morgan fingerprint density at radius 1 is 1.75 bits per heavy atom. The Morgan fingerprint density at radius 3 is 2.83 bits per heavy atom. The lowest BCUT2D eigenvalue weighted by Crippen LogP contribution is -2.35. The summed E-state index contributed by atoms with van der Waals surface area (Å²) in [6, 6.07) is 0. The van der Waals surface area contributed by atoms with Gasteiger partial charge in [-0.05, 0) is 12.8 Å². The second-order valence-electron chi connectivity index (χ2n) is 3.12. The summed E-state index contributed by atoms with van der Waals surface area (Å²) >= 11 is 0. The molecule has 1 aliphatic heterocycles. The van der Waals surface area contributed by atoms with Gasteiger partial charge in [-0.1, -0.05) is 6.92 Å². The highest BCUT2D eigenvalue weighted by atomic mass is 16.2. The molecule has 1 fully saturated rings. The van der Waals surface area contributed by atoms with Crippen molar-refractivity contribution in [2.45, 2.75) is 19.8 Å². The predicted molar refractivity (Wildman–Crippen MR) is 44.2 cm³/mol. The maximum absolute atomic E-state index is 11.4. The minimum absolute atomic E-state index is 0.0787. The predicted octanol–water partition coefficient (Wildman–Crippen LogP) is -0.270. The van der Waals surface area contributed by atoms with Crippen molar-refractivity contribution in [3.8, 4) is 0 Å². The van der Waals surface area contributed by atoms with Crippen molar-refractivity contribution < 1.29 is 9.59 Å². The summed E-state index contributed by atoms with van der Waals surface area (Å²) in [5.74, 6) is -0.235. The van der Waals surface area contributed by atoms with Gasteiger partial charge in [0.25, 0.3) is 0 Å². The van der Waals surface area contributed by atoms with Crippen LogP contribution in [0, 0.1) is 5.92 Å². The number of carbonyl (C=O) groups is 2. The van der Waals surface area contributed by atoms with Gasteiger partial charge in [0.05, 0.1) is 6.54 Å². The van der Waals surface area contributed by atoms with Gasteiger partial charge < -0.3 is 10.6 Å². The lowest BCUT2D eigenvalue weighted by atomic mass is 10.1. The van der Waals surface area contributed by atoms with Crippen molar-refractivity contribution in [1.82, 2.24) is 4.90 Å². The van der Waals surface area contributed by atoms with Crippen LogP contribution in [0.3, 0.4) is 0 Å². The molecule has 68 valence electrons. The van der Waals surface area contributed by atoms with Gasteiger partial charge in [0.15, 0.2) is 0 Å². The van der Waals surface area contributed by atoms with Gasteiger partial charge in [-0.3, -0.25) is 9.59 Å². The Morgan fingerprint density at radius 2 is 2.42 bits per heavy atom. The molecule has 0 saturated carbocycles. The Hall–Kier alpha value is -1.06.